The van der Waals surface area contributed by atoms with E-state index in [4.69, 9.17) is 19.3 Å². The third-order valence-corrected chi connectivity index (χ3v) is 1.84. The van der Waals surface area contributed by atoms with Crippen molar-refractivity contribution in [3.8, 4) is 0 Å². The quantitative estimate of drug-likeness (QED) is 0.508. The number of ether oxygens (including phenoxy) is 3. The molecule has 0 aliphatic carbocycles. The van der Waals surface area contributed by atoms with Crippen molar-refractivity contribution in [1.29, 1.82) is 0 Å². The monoisotopic (exact) mass is 146 g/mol. The smallest absolute Gasteiger partial charge is 0.173 e. The minimum atomic E-state index is -0.683. The fourth-order valence-corrected chi connectivity index (χ4v) is 1.15. The highest BCUT2D eigenvalue weighted by atomic mass is 16.8. The van der Waals surface area contributed by atoms with Crippen molar-refractivity contribution in [3.05, 3.63) is 0 Å². The molecule has 4 unspecified atom stereocenters. The molecule has 0 aromatic heterocycles. The van der Waals surface area contributed by atoms with Crippen molar-refractivity contribution >= 4 is 0 Å². The van der Waals surface area contributed by atoms with Crippen LogP contribution in [0.15, 0.2) is 0 Å². The Kier molecular flexibility index (Phi) is 1.42. The maximum Gasteiger partial charge on any atom is 0.173 e. The zero-order valence-corrected chi connectivity index (χ0v) is 5.69. The van der Waals surface area contributed by atoms with Crippen LogP contribution in [0.5, 0.6) is 0 Å². The van der Waals surface area contributed by atoms with Crippen LogP contribution in [-0.4, -0.2) is 30.6 Å². The molecule has 58 valence electrons. The summed E-state index contributed by atoms with van der Waals surface area (Å²) >= 11 is 0. The van der Waals surface area contributed by atoms with Crippen LogP contribution < -0.4 is 0 Å². The van der Waals surface area contributed by atoms with Crippen LogP contribution in [0.2, 0.25) is 0 Å². The molecule has 2 saturated heterocycles. The average Bonchev–Trinajstić information content (AvgIpc) is 1.86. The molecule has 10 heavy (non-hydrogen) atoms. The Bertz CT molecular complexity index is 136. The zero-order valence-electron chi connectivity index (χ0n) is 5.69. The predicted octanol–water partition coefficient (Wildman–Crippen LogP) is -0.330. The summed E-state index contributed by atoms with van der Waals surface area (Å²) in [6.07, 6.45) is -1.12. The van der Waals surface area contributed by atoms with Crippen LogP contribution in [-0.2, 0) is 14.2 Å². The molecule has 2 heterocycles. The molecule has 2 rings (SSSR count). The van der Waals surface area contributed by atoms with Crippen molar-refractivity contribution in [1.82, 2.24) is 0 Å². The highest BCUT2D eigenvalue weighted by molar-refractivity contribution is 4.78. The molecule has 4 heteroatoms. The summed E-state index contributed by atoms with van der Waals surface area (Å²) in [5.74, 6) is 0.0243. The van der Waals surface area contributed by atoms with E-state index in [1.54, 1.807) is 0 Å². The molecule has 2 aliphatic rings. The minimum Gasteiger partial charge on any atom is -0.367 e. The lowest BCUT2D eigenvalue weighted by atomic mass is 10.0. The lowest BCUT2D eigenvalue weighted by Gasteiger charge is -2.45. The number of aliphatic hydroxyl groups excluding tert-OH is 1. The Balaban J connectivity index is 1.93. The lowest BCUT2D eigenvalue weighted by molar-refractivity contribution is -0.429. The summed E-state index contributed by atoms with van der Waals surface area (Å²) in [5, 5.41) is 8.95. The molecule has 0 aromatic carbocycles. The Morgan fingerprint density at radius 3 is 2.80 bits per heavy atom. The van der Waals surface area contributed by atoms with Crippen LogP contribution in [0.1, 0.15) is 6.92 Å². The van der Waals surface area contributed by atoms with Gasteiger partial charge >= 0.3 is 0 Å². The lowest BCUT2D eigenvalue weighted by Crippen LogP contribution is -2.57. The normalized spacial score (nSPS) is 53.4. The molecule has 2 aliphatic heterocycles. The Morgan fingerprint density at radius 2 is 2.20 bits per heavy atom. The SMILES string of the molecule is CC1OCC2C(O)OC2O1. The predicted molar refractivity (Wildman–Crippen MR) is 30.9 cm³/mol. The minimum absolute atomic E-state index is 0.0243. The van der Waals surface area contributed by atoms with Gasteiger partial charge in [-0.25, -0.2) is 0 Å². The van der Waals surface area contributed by atoms with Gasteiger partial charge in [0.1, 0.15) is 0 Å². The first-order valence-corrected chi connectivity index (χ1v) is 3.38. The van der Waals surface area contributed by atoms with E-state index >= 15 is 0 Å². The summed E-state index contributed by atoms with van der Waals surface area (Å²) in [4.78, 5) is 0. The van der Waals surface area contributed by atoms with Crippen molar-refractivity contribution in [2.24, 2.45) is 5.92 Å². The van der Waals surface area contributed by atoms with Gasteiger partial charge in [0.05, 0.1) is 12.5 Å². The third kappa shape index (κ3) is 0.845. The molecule has 4 nitrogen and oxygen atoms in total. The zero-order chi connectivity index (χ0) is 7.14. The van der Waals surface area contributed by atoms with E-state index in [2.05, 4.69) is 0 Å². The van der Waals surface area contributed by atoms with Crippen molar-refractivity contribution in [3.63, 3.8) is 0 Å². The summed E-state index contributed by atoms with van der Waals surface area (Å²) in [7, 11) is 0. The first kappa shape index (κ1) is 6.54. The fraction of sp³-hybridized carbons (Fsp3) is 1.00. The van der Waals surface area contributed by atoms with Crippen molar-refractivity contribution in [2.75, 3.05) is 6.61 Å². The summed E-state index contributed by atoms with van der Waals surface area (Å²) in [5.41, 5.74) is 0. The summed E-state index contributed by atoms with van der Waals surface area (Å²) in [6, 6.07) is 0. The van der Waals surface area contributed by atoms with E-state index in [1.165, 1.54) is 0 Å². The van der Waals surface area contributed by atoms with Crippen LogP contribution in [0.25, 0.3) is 0 Å². The van der Waals surface area contributed by atoms with E-state index in [9.17, 15) is 0 Å². The van der Waals surface area contributed by atoms with Gasteiger partial charge in [-0.15, -0.1) is 0 Å². The van der Waals surface area contributed by atoms with Crippen molar-refractivity contribution < 1.29 is 19.3 Å². The van der Waals surface area contributed by atoms with Gasteiger partial charge in [0.15, 0.2) is 18.9 Å². The van der Waals surface area contributed by atoms with E-state index in [1.807, 2.05) is 6.92 Å². The van der Waals surface area contributed by atoms with Gasteiger partial charge in [0.25, 0.3) is 0 Å². The van der Waals surface area contributed by atoms with Gasteiger partial charge in [-0.2, -0.15) is 0 Å². The summed E-state index contributed by atoms with van der Waals surface area (Å²) in [6.45, 7) is 2.34. The molecule has 4 atom stereocenters. The van der Waals surface area contributed by atoms with Gasteiger partial charge in [0.2, 0.25) is 0 Å². The average molecular weight is 146 g/mol. The Labute approximate surface area is 58.7 Å². The largest absolute Gasteiger partial charge is 0.367 e. The molecule has 0 radical (unpaired) electrons. The molecule has 0 bridgehead atoms. The molecule has 0 saturated carbocycles. The second-order valence-electron chi connectivity index (χ2n) is 2.60. The number of aliphatic hydroxyl groups is 1. The Morgan fingerprint density at radius 1 is 1.40 bits per heavy atom. The number of fused-ring (bicyclic) bond motifs is 1. The number of hydrogen-bond donors (Lipinski definition) is 1. The van der Waals surface area contributed by atoms with Gasteiger partial charge in [-0.3, -0.25) is 0 Å². The maximum absolute atomic E-state index is 8.95. The van der Waals surface area contributed by atoms with Crippen LogP contribution in [0.3, 0.4) is 0 Å². The molecule has 0 spiro atoms. The number of rotatable bonds is 0. The highest BCUT2D eigenvalue weighted by Gasteiger charge is 2.46. The van der Waals surface area contributed by atoms with E-state index in [0.29, 0.717) is 6.61 Å². The van der Waals surface area contributed by atoms with Gasteiger partial charge in [-0.1, -0.05) is 0 Å². The van der Waals surface area contributed by atoms with E-state index < -0.39 is 6.29 Å². The van der Waals surface area contributed by atoms with E-state index in [0.717, 1.165) is 0 Å². The molecule has 1 N–H and O–H groups in total. The molecular formula is C6H10O4. The van der Waals surface area contributed by atoms with Crippen LogP contribution in [0.4, 0.5) is 0 Å². The third-order valence-electron chi connectivity index (χ3n) is 1.84. The van der Waals surface area contributed by atoms with Crippen LogP contribution in [0, 0.1) is 5.92 Å². The second-order valence-corrected chi connectivity index (χ2v) is 2.60. The summed E-state index contributed by atoms with van der Waals surface area (Å²) < 4.78 is 15.1. The van der Waals surface area contributed by atoms with Gasteiger partial charge in [0, 0.05) is 0 Å². The molecule has 2 fully saturated rings. The molecule has 0 aromatic rings. The van der Waals surface area contributed by atoms with E-state index in [-0.39, 0.29) is 18.5 Å². The first-order chi connectivity index (χ1) is 4.77. The standard InChI is InChI=1S/C6H10O4/c1-3-8-2-4-5(7)10-6(4)9-3/h3-7H,2H2,1H3. The Hall–Kier alpha value is -0.160. The van der Waals surface area contributed by atoms with Crippen molar-refractivity contribution in [2.45, 2.75) is 25.8 Å². The first-order valence-electron chi connectivity index (χ1n) is 3.38. The highest BCUT2D eigenvalue weighted by Crippen LogP contribution is 2.32. The fourth-order valence-electron chi connectivity index (χ4n) is 1.15. The topological polar surface area (TPSA) is 47.9 Å². The van der Waals surface area contributed by atoms with Gasteiger partial charge in [-0.05, 0) is 6.92 Å². The van der Waals surface area contributed by atoms with Gasteiger partial charge < -0.3 is 19.3 Å². The molecule has 0 amide bonds. The molecular weight excluding hydrogens is 136 g/mol. The second kappa shape index (κ2) is 2.17. The van der Waals surface area contributed by atoms with Crippen LogP contribution >= 0.6 is 0 Å². The number of hydrogen-bond acceptors (Lipinski definition) is 4. The maximum atomic E-state index is 8.95.